The van der Waals surface area contributed by atoms with Crippen LogP contribution in [0.25, 0.3) is 0 Å². The fraction of sp³-hybridized carbons (Fsp3) is 0.0714. The second-order valence-corrected chi connectivity index (χ2v) is 4.80. The summed E-state index contributed by atoms with van der Waals surface area (Å²) in [6, 6.07) is 11.2. The van der Waals surface area contributed by atoms with Gasteiger partial charge in [-0.2, -0.15) is 0 Å². The van der Waals surface area contributed by atoms with Gasteiger partial charge >= 0.3 is 0 Å². The molecule has 0 atom stereocenters. The van der Waals surface area contributed by atoms with Crippen LogP contribution in [-0.4, -0.2) is 5.91 Å². The van der Waals surface area contributed by atoms with Gasteiger partial charge in [0.05, 0.1) is 0 Å². The Morgan fingerprint density at radius 3 is 2.74 bits per heavy atom. The van der Waals surface area contributed by atoms with Crippen LogP contribution in [0.5, 0.6) is 5.75 Å². The molecule has 2 aromatic rings. The molecule has 19 heavy (non-hydrogen) atoms. The minimum absolute atomic E-state index is 0.0759. The van der Waals surface area contributed by atoms with Crippen molar-refractivity contribution < 1.29 is 13.9 Å². The Kier molecular flexibility index (Phi) is 4.16. The summed E-state index contributed by atoms with van der Waals surface area (Å²) in [4.78, 5) is 11.2. The lowest BCUT2D eigenvalue weighted by Gasteiger charge is -2.10. The zero-order valence-electron chi connectivity index (χ0n) is 9.90. The lowest BCUT2D eigenvalue weighted by molar-refractivity contribution is 0.0998. The molecule has 0 saturated heterocycles. The smallest absolute Gasteiger partial charge is 0.249 e. The first-order chi connectivity index (χ1) is 9.08. The zero-order valence-corrected chi connectivity index (χ0v) is 11.5. The number of rotatable bonds is 4. The van der Waals surface area contributed by atoms with E-state index in [0.29, 0.717) is 15.6 Å². The average molecular weight is 324 g/mol. The van der Waals surface area contributed by atoms with E-state index in [0.717, 1.165) is 0 Å². The standard InChI is InChI=1S/C14H11BrFNO2/c15-10-5-6-12(16)13(7-10)19-8-9-3-1-2-4-11(9)14(17)18/h1-7H,8H2,(H2,17,18). The Balaban J connectivity index is 2.19. The molecular formula is C14H11BrFNO2. The number of ether oxygens (including phenoxy) is 1. The van der Waals surface area contributed by atoms with Crippen molar-refractivity contribution >= 4 is 21.8 Å². The van der Waals surface area contributed by atoms with Crippen LogP contribution in [0.2, 0.25) is 0 Å². The fourth-order valence-corrected chi connectivity index (χ4v) is 1.97. The highest BCUT2D eigenvalue weighted by atomic mass is 79.9. The lowest BCUT2D eigenvalue weighted by atomic mass is 10.1. The number of amides is 1. The molecule has 1 amide bonds. The molecule has 2 rings (SSSR count). The molecule has 0 aliphatic rings. The first kappa shape index (κ1) is 13.5. The van der Waals surface area contributed by atoms with Crippen molar-refractivity contribution in [2.45, 2.75) is 6.61 Å². The van der Waals surface area contributed by atoms with Gasteiger partial charge in [-0.1, -0.05) is 34.1 Å². The number of carbonyl (C=O) groups is 1. The molecule has 0 radical (unpaired) electrons. The lowest BCUT2D eigenvalue weighted by Crippen LogP contribution is -2.14. The number of hydrogen-bond donors (Lipinski definition) is 1. The third kappa shape index (κ3) is 3.32. The number of nitrogens with two attached hydrogens (primary N) is 1. The maximum Gasteiger partial charge on any atom is 0.249 e. The molecule has 0 fully saturated rings. The summed E-state index contributed by atoms with van der Waals surface area (Å²) in [5, 5.41) is 0. The zero-order chi connectivity index (χ0) is 13.8. The average Bonchev–Trinajstić information content (AvgIpc) is 2.40. The Labute approximate surface area is 118 Å². The molecule has 3 nitrogen and oxygen atoms in total. The van der Waals surface area contributed by atoms with Crippen LogP contribution in [0.4, 0.5) is 4.39 Å². The molecule has 0 aromatic heterocycles. The van der Waals surface area contributed by atoms with Gasteiger partial charge in [-0.25, -0.2) is 4.39 Å². The summed E-state index contributed by atoms with van der Waals surface area (Å²) >= 11 is 3.24. The van der Waals surface area contributed by atoms with Crippen molar-refractivity contribution in [1.29, 1.82) is 0 Å². The molecule has 0 unspecified atom stereocenters. The van der Waals surface area contributed by atoms with Crippen molar-refractivity contribution in [3.05, 3.63) is 63.9 Å². The number of benzene rings is 2. The van der Waals surface area contributed by atoms with E-state index in [-0.39, 0.29) is 12.4 Å². The van der Waals surface area contributed by atoms with Gasteiger partial charge in [-0.15, -0.1) is 0 Å². The van der Waals surface area contributed by atoms with E-state index in [1.54, 1.807) is 30.3 Å². The summed E-state index contributed by atoms with van der Waals surface area (Å²) in [5.41, 5.74) is 6.25. The van der Waals surface area contributed by atoms with Crippen LogP contribution in [0.3, 0.4) is 0 Å². The fourth-order valence-electron chi connectivity index (χ4n) is 1.63. The van der Waals surface area contributed by atoms with Crippen molar-refractivity contribution in [2.24, 2.45) is 5.73 Å². The maximum atomic E-state index is 13.5. The molecule has 0 aliphatic carbocycles. The van der Waals surface area contributed by atoms with Gasteiger partial charge in [0.15, 0.2) is 11.6 Å². The molecule has 2 aromatic carbocycles. The highest BCUT2D eigenvalue weighted by molar-refractivity contribution is 9.10. The quantitative estimate of drug-likeness (QED) is 0.938. The van der Waals surface area contributed by atoms with Crippen molar-refractivity contribution in [3.8, 4) is 5.75 Å². The monoisotopic (exact) mass is 323 g/mol. The number of carbonyl (C=O) groups excluding carboxylic acids is 1. The molecule has 98 valence electrons. The molecule has 0 heterocycles. The minimum Gasteiger partial charge on any atom is -0.486 e. The Morgan fingerprint density at radius 1 is 1.26 bits per heavy atom. The third-order valence-electron chi connectivity index (χ3n) is 2.56. The van der Waals surface area contributed by atoms with Crippen molar-refractivity contribution in [2.75, 3.05) is 0 Å². The van der Waals surface area contributed by atoms with Crippen molar-refractivity contribution in [3.63, 3.8) is 0 Å². The molecule has 5 heteroatoms. The minimum atomic E-state index is -0.533. The maximum absolute atomic E-state index is 13.5. The van der Waals surface area contributed by atoms with E-state index in [1.807, 2.05) is 0 Å². The molecule has 0 spiro atoms. The largest absolute Gasteiger partial charge is 0.486 e. The van der Waals surface area contributed by atoms with Crippen molar-refractivity contribution in [1.82, 2.24) is 0 Å². The summed E-state index contributed by atoms with van der Waals surface area (Å²) in [5.74, 6) is -0.873. The number of hydrogen-bond acceptors (Lipinski definition) is 2. The number of primary amides is 1. The topological polar surface area (TPSA) is 52.3 Å². The van der Waals surface area contributed by atoms with Crippen LogP contribution in [0.15, 0.2) is 46.9 Å². The highest BCUT2D eigenvalue weighted by Crippen LogP contribution is 2.23. The van der Waals surface area contributed by atoms with Crippen LogP contribution in [0, 0.1) is 5.82 Å². The van der Waals surface area contributed by atoms with Crippen LogP contribution in [0.1, 0.15) is 15.9 Å². The molecule has 0 bridgehead atoms. The third-order valence-corrected chi connectivity index (χ3v) is 3.05. The Bertz CT molecular complexity index is 616. The predicted octanol–water partition coefficient (Wildman–Crippen LogP) is 3.27. The SMILES string of the molecule is NC(=O)c1ccccc1COc1cc(Br)ccc1F. The van der Waals surface area contributed by atoms with E-state index < -0.39 is 11.7 Å². The second kappa shape index (κ2) is 5.84. The number of halogens is 2. The van der Waals surface area contributed by atoms with Gasteiger partial charge in [0.25, 0.3) is 0 Å². The van der Waals surface area contributed by atoms with E-state index in [1.165, 1.54) is 12.1 Å². The van der Waals surface area contributed by atoms with Gasteiger partial charge < -0.3 is 10.5 Å². The van der Waals surface area contributed by atoms with E-state index in [2.05, 4.69) is 15.9 Å². The van der Waals surface area contributed by atoms with E-state index in [9.17, 15) is 9.18 Å². The van der Waals surface area contributed by atoms with Crippen LogP contribution >= 0.6 is 15.9 Å². The first-order valence-electron chi connectivity index (χ1n) is 5.53. The molecule has 2 N–H and O–H groups in total. The summed E-state index contributed by atoms with van der Waals surface area (Å²) < 4.78 is 19.6. The van der Waals surface area contributed by atoms with E-state index >= 15 is 0 Å². The summed E-state index contributed by atoms with van der Waals surface area (Å²) in [6.07, 6.45) is 0. The first-order valence-corrected chi connectivity index (χ1v) is 6.33. The van der Waals surface area contributed by atoms with Crippen LogP contribution < -0.4 is 10.5 Å². The van der Waals surface area contributed by atoms with Gasteiger partial charge in [0, 0.05) is 15.6 Å². The predicted molar refractivity (Wildman–Crippen MR) is 73.4 cm³/mol. The molecule has 0 saturated carbocycles. The van der Waals surface area contributed by atoms with Crippen LogP contribution in [-0.2, 0) is 6.61 Å². The van der Waals surface area contributed by atoms with E-state index in [4.69, 9.17) is 10.5 Å². The van der Waals surface area contributed by atoms with Gasteiger partial charge in [-0.3, -0.25) is 4.79 Å². The highest BCUT2D eigenvalue weighted by Gasteiger charge is 2.09. The van der Waals surface area contributed by atoms with Gasteiger partial charge in [-0.05, 0) is 24.3 Å². The second-order valence-electron chi connectivity index (χ2n) is 3.88. The Morgan fingerprint density at radius 2 is 2.00 bits per heavy atom. The molecule has 0 aliphatic heterocycles. The normalized spacial score (nSPS) is 10.2. The summed E-state index contributed by atoms with van der Waals surface area (Å²) in [7, 11) is 0. The molecular weight excluding hydrogens is 313 g/mol. The van der Waals surface area contributed by atoms with Gasteiger partial charge in [0.2, 0.25) is 5.91 Å². The summed E-state index contributed by atoms with van der Waals surface area (Å²) in [6.45, 7) is 0.0759. The Hall–Kier alpha value is -1.88. The van der Waals surface area contributed by atoms with Gasteiger partial charge in [0.1, 0.15) is 6.61 Å².